The van der Waals surface area contributed by atoms with Crippen LogP contribution in [-0.4, -0.2) is 36.2 Å². The standard InChI is InChI=1S/C14H21NO3/c1-4-18-13-7-5-12(6-8-13)11(2)15(3)10-9-14(16)17/h5-8,11H,4,9-10H2,1-3H3,(H,16,17). The molecule has 4 nitrogen and oxygen atoms in total. The average molecular weight is 251 g/mol. The number of hydrogen-bond donors (Lipinski definition) is 1. The monoisotopic (exact) mass is 251 g/mol. The van der Waals surface area contributed by atoms with Crippen molar-refractivity contribution in [2.75, 3.05) is 20.2 Å². The summed E-state index contributed by atoms with van der Waals surface area (Å²) in [5.41, 5.74) is 1.16. The van der Waals surface area contributed by atoms with Crippen LogP contribution in [0.2, 0.25) is 0 Å². The number of carboxylic acids is 1. The van der Waals surface area contributed by atoms with Gasteiger partial charge in [-0.15, -0.1) is 0 Å². The van der Waals surface area contributed by atoms with Crippen LogP contribution in [0.4, 0.5) is 0 Å². The molecular formula is C14H21NO3. The van der Waals surface area contributed by atoms with Crippen LogP contribution in [0, 0.1) is 0 Å². The van der Waals surface area contributed by atoms with Gasteiger partial charge in [-0.25, -0.2) is 0 Å². The van der Waals surface area contributed by atoms with Gasteiger partial charge in [0.1, 0.15) is 5.75 Å². The maximum atomic E-state index is 10.5. The highest BCUT2D eigenvalue weighted by atomic mass is 16.5. The fourth-order valence-corrected chi connectivity index (χ4v) is 1.73. The molecule has 1 rings (SSSR count). The molecule has 0 heterocycles. The summed E-state index contributed by atoms with van der Waals surface area (Å²) in [6.45, 7) is 5.23. The Morgan fingerprint density at radius 2 is 2.00 bits per heavy atom. The smallest absolute Gasteiger partial charge is 0.304 e. The summed E-state index contributed by atoms with van der Waals surface area (Å²) in [5.74, 6) is 0.0994. The molecule has 0 aromatic heterocycles. The van der Waals surface area contributed by atoms with Crippen LogP contribution < -0.4 is 4.74 Å². The lowest BCUT2D eigenvalue weighted by Crippen LogP contribution is -2.25. The summed E-state index contributed by atoms with van der Waals surface area (Å²) in [6, 6.07) is 8.13. The molecule has 0 fully saturated rings. The Hall–Kier alpha value is -1.55. The van der Waals surface area contributed by atoms with Gasteiger partial charge in [-0.1, -0.05) is 12.1 Å². The van der Waals surface area contributed by atoms with Crippen LogP contribution >= 0.6 is 0 Å². The van der Waals surface area contributed by atoms with E-state index in [-0.39, 0.29) is 12.5 Å². The first-order chi connectivity index (χ1) is 8.54. The first-order valence-corrected chi connectivity index (χ1v) is 6.19. The van der Waals surface area contributed by atoms with Crippen molar-refractivity contribution in [2.24, 2.45) is 0 Å². The molecule has 0 spiro atoms. The molecule has 4 heteroatoms. The topological polar surface area (TPSA) is 49.8 Å². The van der Waals surface area contributed by atoms with E-state index in [2.05, 4.69) is 6.92 Å². The zero-order chi connectivity index (χ0) is 13.5. The zero-order valence-corrected chi connectivity index (χ0v) is 11.2. The molecule has 1 N–H and O–H groups in total. The molecule has 0 aliphatic carbocycles. The van der Waals surface area contributed by atoms with E-state index in [9.17, 15) is 4.79 Å². The highest BCUT2D eigenvalue weighted by Gasteiger charge is 2.12. The number of benzene rings is 1. The first-order valence-electron chi connectivity index (χ1n) is 6.19. The minimum Gasteiger partial charge on any atom is -0.494 e. The molecule has 0 bridgehead atoms. The Labute approximate surface area is 108 Å². The summed E-state index contributed by atoms with van der Waals surface area (Å²) in [4.78, 5) is 12.6. The number of nitrogens with zero attached hydrogens (tertiary/aromatic N) is 1. The molecule has 1 unspecified atom stereocenters. The molecular weight excluding hydrogens is 230 g/mol. The van der Waals surface area contributed by atoms with Crippen LogP contribution in [-0.2, 0) is 4.79 Å². The van der Waals surface area contributed by atoms with Crippen LogP contribution in [0.3, 0.4) is 0 Å². The third kappa shape index (κ3) is 4.37. The van der Waals surface area contributed by atoms with Gasteiger partial charge >= 0.3 is 5.97 Å². The summed E-state index contributed by atoms with van der Waals surface area (Å²) in [7, 11) is 1.93. The van der Waals surface area contributed by atoms with Crippen LogP contribution in [0.25, 0.3) is 0 Å². The Morgan fingerprint density at radius 1 is 1.39 bits per heavy atom. The van der Waals surface area contributed by atoms with Gasteiger partial charge < -0.3 is 9.84 Å². The maximum Gasteiger partial charge on any atom is 0.304 e. The SMILES string of the molecule is CCOc1ccc(C(C)N(C)CCC(=O)O)cc1. The van der Waals surface area contributed by atoms with E-state index < -0.39 is 5.97 Å². The van der Waals surface area contributed by atoms with E-state index in [1.54, 1.807) is 0 Å². The Morgan fingerprint density at radius 3 is 2.50 bits per heavy atom. The van der Waals surface area contributed by atoms with Gasteiger partial charge in [0.2, 0.25) is 0 Å². The quantitative estimate of drug-likeness (QED) is 0.809. The van der Waals surface area contributed by atoms with Gasteiger partial charge in [0.05, 0.1) is 13.0 Å². The highest BCUT2D eigenvalue weighted by molar-refractivity contribution is 5.66. The molecule has 0 saturated heterocycles. The second-order valence-corrected chi connectivity index (χ2v) is 4.30. The van der Waals surface area contributed by atoms with Gasteiger partial charge in [0.25, 0.3) is 0 Å². The largest absolute Gasteiger partial charge is 0.494 e. The Bertz CT molecular complexity index is 375. The number of carbonyl (C=O) groups is 1. The van der Waals surface area contributed by atoms with Crippen molar-refractivity contribution < 1.29 is 14.6 Å². The molecule has 0 aliphatic heterocycles. The van der Waals surface area contributed by atoms with E-state index in [4.69, 9.17) is 9.84 Å². The third-order valence-corrected chi connectivity index (χ3v) is 3.01. The zero-order valence-electron chi connectivity index (χ0n) is 11.2. The lowest BCUT2D eigenvalue weighted by molar-refractivity contribution is -0.137. The Kier molecular flexibility index (Phi) is 5.65. The van der Waals surface area contributed by atoms with Gasteiger partial charge in [0, 0.05) is 12.6 Å². The van der Waals surface area contributed by atoms with Crippen molar-refractivity contribution in [3.05, 3.63) is 29.8 Å². The molecule has 0 saturated carbocycles. The van der Waals surface area contributed by atoms with Gasteiger partial charge in [-0.3, -0.25) is 9.69 Å². The van der Waals surface area contributed by atoms with E-state index in [1.165, 1.54) is 0 Å². The summed E-state index contributed by atoms with van der Waals surface area (Å²) >= 11 is 0. The van der Waals surface area contributed by atoms with E-state index >= 15 is 0 Å². The first kappa shape index (κ1) is 14.5. The molecule has 1 aromatic carbocycles. The molecule has 1 atom stereocenters. The fraction of sp³-hybridized carbons (Fsp3) is 0.500. The molecule has 100 valence electrons. The molecule has 18 heavy (non-hydrogen) atoms. The predicted molar refractivity (Wildman–Crippen MR) is 70.9 cm³/mol. The van der Waals surface area contributed by atoms with E-state index in [0.29, 0.717) is 13.2 Å². The van der Waals surface area contributed by atoms with E-state index in [1.807, 2.05) is 43.1 Å². The van der Waals surface area contributed by atoms with Crippen LogP contribution in [0.15, 0.2) is 24.3 Å². The van der Waals surface area contributed by atoms with Crippen molar-refractivity contribution in [1.82, 2.24) is 4.90 Å². The highest BCUT2D eigenvalue weighted by Crippen LogP contribution is 2.21. The fourth-order valence-electron chi connectivity index (χ4n) is 1.73. The number of aliphatic carboxylic acids is 1. The number of carboxylic acid groups (broad SMARTS) is 1. The second-order valence-electron chi connectivity index (χ2n) is 4.30. The van der Waals surface area contributed by atoms with Crippen LogP contribution in [0.5, 0.6) is 5.75 Å². The Balaban J connectivity index is 2.59. The minimum absolute atomic E-state index is 0.165. The maximum absolute atomic E-state index is 10.5. The van der Waals surface area contributed by atoms with Gasteiger partial charge in [-0.05, 0) is 38.6 Å². The predicted octanol–water partition coefficient (Wildman–Crippen LogP) is 2.55. The molecule has 1 aromatic rings. The number of rotatable bonds is 7. The number of hydrogen-bond acceptors (Lipinski definition) is 3. The van der Waals surface area contributed by atoms with Crippen molar-refractivity contribution >= 4 is 5.97 Å². The lowest BCUT2D eigenvalue weighted by atomic mass is 10.1. The normalized spacial score (nSPS) is 12.4. The van der Waals surface area contributed by atoms with Crippen molar-refractivity contribution in [2.45, 2.75) is 26.3 Å². The molecule has 0 radical (unpaired) electrons. The average Bonchev–Trinajstić information content (AvgIpc) is 2.36. The third-order valence-electron chi connectivity index (χ3n) is 3.01. The van der Waals surface area contributed by atoms with Crippen LogP contribution in [0.1, 0.15) is 31.9 Å². The minimum atomic E-state index is -0.763. The summed E-state index contributed by atoms with van der Waals surface area (Å²) in [6.07, 6.45) is 0.165. The van der Waals surface area contributed by atoms with Crippen molar-refractivity contribution in [3.63, 3.8) is 0 Å². The van der Waals surface area contributed by atoms with Gasteiger partial charge in [0.15, 0.2) is 0 Å². The molecule has 0 aliphatic rings. The van der Waals surface area contributed by atoms with E-state index in [0.717, 1.165) is 11.3 Å². The van der Waals surface area contributed by atoms with Crippen molar-refractivity contribution in [1.29, 1.82) is 0 Å². The molecule has 0 amide bonds. The number of ether oxygens (including phenoxy) is 1. The second kappa shape index (κ2) is 7.01. The summed E-state index contributed by atoms with van der Waals surface area (Å²) < 4.78 is 5.39. The summed E-state index contributed by atoms with van der Waals surface area (Å²) in [5, 5.41) is 8.67. The van der Waals surface area contributed by atoms with Crippen molar-refractivity contribution in [3.8, 4) is 5.75 Å². The van der Waals surface area contributed by atoms with Gasteiger partial charge in [-0.2, -0.15) is 0 Å². The lowest BCUT2D eigenvalue weighted by Gasteiger charge is -2.24.